The zero-order chi connectivity index (χ0) is 13.2. The molecule has 0 fully saturated rings. The summed E-state index contributed by atoms with van der Waals surface area (Å²) in [6.07, 6.45) is 1.20. The van der Waals surface area contributed by atoms with Crippen LogP contribution in [-0.4, -0.2) is 21.7 Å². The Bertz CT molecular complexity index is 636. The van der Waals surface area contributed by atoms with Gasteiger partial charge in [0.05, 0.1) is 11.9 Å². The lowest BCUT2D eigenvalue weighted by molar-refractivity contribution is 0.600. The molecule has 94 valence electrons. The highest BCUT2D eigenvalue weighted by molar-refractivity contribution is 7.92. The Morgan fingerprint density at radius 3 is 2.06 bits per heavy atom. The predicted octanol–water partition coefficient (Wildman–Crippen LogP) is 2.75. The van der Waals surface area contributed by atoms with E-state index in [1.165, 1.54) is 10.6 Å². The minimum atomic E-state index is -3.25. The lowest BCUT2D eigenvalue weighted by Crippen LogP contribution is -2.25. The van der Waals surface area contributed by atoms with Gasteiger partial charge in [0.2, 0.25) is 10.0 Å². The second-order valence-electron chi connectivity index (χ2n) is 4.11. The van der Waals surface area contributed by atoms with Crippen molar-refractivity contribution in [2.75, 3.05) is 17.6 Å². The van der Waals surface area contributed by atoms with Gasteiger partial charge in [-0.2, -0.15) is 0 Å². The third-order valence-electron chi connectivity index (χ3n) is 2.83. The van der Waals surface area contributed by atoms with E-state index in [2.05, 4.69) is 0 Å². The highest BCUT2D eigenvalue weighted by Gasteiger charge is 2.15. The van der Waals surface area contributed by atoms with Crippen LogP contribution < -0.4 is 4.31 Å². The van der Waals surface area contributed by atoms with Gasteiger partial charge in [0.15, 0.2) is 0 Å². The summed E-state index contributed by atoms with van der Waals surface area (Å²) in [6.45, 7) is 0. The first-order chi connectivity index (χ1) is 8.50. The summed E-state index contributed by atoms with van der Waals surface area (Å²) in [5, 5.41) is 0. The molecule has 2 rings (SSSR count). The molecule has 4 heteroatoms. The average Bonchev–Trinajstić information content (AvgIpc) is 2.38. The molecule has 0 saturated heterocycles. The molecule has 2 aromatic rings. The van der Waals surface area contributed by atoms with E-state index in [0.717, 1.165) is 11.1 Å². The Kier molecular flexibility index (Phi) is 3.39. The van der Waals surface area contributed by atoms with Crippen LogP contribution in [0.3, 0.4) is 0 Å². The van der Waals surface area contributed by atoms with Crippen molar-refractivity contribution in [3.05, 3.63) is 54.6 Å². The van der Waals surface area contributed by atoms with Gasteiger partial charge in [-0.25, -0.2) is 8.42 Å². The summed E-state index contributed by atoms with van der Waals surface area (Å²) in [5.41, 5.74) is 2.60. The molecule has 0 heterocycles. The Balaban J connectivity index is 2.58. The van der Waals surface area contributed by atoms with Gasteiger partial charge in [-0.3, -0.25) is 4.31 Å². The number of hydrogen-bond acceptors (Lipinski definition) is 2. The van der Waals surface area contributed by atoms with Crippen LogP contribution in [-0.2, 0) is 10.0 Å². The molecule has 0 amide bonds. The molecule has 0 radical (unpaired) electrons. The molecule has 0 aliphatic carbocycles. The van der Waals surface area contributed by atoms with E-state index in [1.54, 1.807) is 7.05 Å². The summed E-state index contributed by atoms with van der Waals surface area (Å²) in [6, 6.07) is 17.2. The zero-order valence-electron chi connectivity index (χ0n) is 10.4. The summed E-state index contributed by atoms with van der Waals surface area (Å²) < 4.78 is 24.6. The fourth-order valence-electron chi connectivity index (χ4n) is 1.79. The lowest BCUT2D eigenvalue weighted by Gasteiger charge is -2.20. The Morgan fingerprint density at radius 2 is 1.44 bits per heavy atom. The monoisotopic (exact) mass is 261 g/mol. The van der Waals surface area contributed by atoms with Gasteiger partial charge in [-0.15, -0.1) is 0 Å². The standard InChI is InChI=1S/C14H15NO2S/c1-15(18(2,16)17)14-11-7-6-10-13(14)12-8-4-3-5-9-12/h3-11H,1-2H3. The number of anilines is 1. The minimum absolute atomic E-state index is 0.686. The maximum atomic E-state index is 11.6. The maximum absolute atomic E-state index is 11.6. The number of para-hydroxylation sites is 1. The van der Waals surface area contributed by atoms with Crippen LogP contribution in [0.25, 0.3) is 11.1 Å². The molecule has 2 aromatic carbocycles. The molecule has 0 spiro atoms. The highest BCUT2D eigenvalue weighted by atomic mass is 32.2. The van der Waals surface area contributed by atoms with Crippen molar-refractivity contribution >= 4 is 15.7 Å². The van der Waals surface area contributed by atoms with Crippen molar-refractivity contribution in [3.8, 4) is 11.1 Å². The van der Waals surface area contributed by atoms with E-state index in [4.69, 9.17) is 0 Å². The van der Waals surface area contributed by atoms with Crippen molar-refractivity contribution in [2.45, 2.75) is 0 Å². The molecule has 0 unspecified atom stereocenters. The molecule has 0 aliphatic rings. The smallest absolute Gasteiger partial charge is 0.232 e. The van der Waals surface area contributed by atoms with Crippen LogP contribution in [0.4, 0.5) is 5.69 Å². The van der Waals surface area contributed by atoms with Crippen molar-refractivity contribution in [2.24, 2.45) is 0 Å². The normalized spacial score (nSPS) is 11.2. The number of benzene rings is 2. The Labute approximate surface area is 108 Å². The second-order valence-corrected chi connectivity index (χ2v) is 6.13. The molecule has 18 heavy (non-hydrogen) atoms. The van der Waals surface area contributed by atoms with Crippen LogP contribution in [0.15, 0.2) is 54.6 Å². The fraction of sp³-hybridized carbons (Fsp3) is 0.143. The zero-order valence-corrected chi connectivity index (χ0v) is 11.2. The molecule has 0 atom stereocenters. The maximum Gasteiger partial charge on any atom is 0.232 e. The molecule has 0 aromatic heterocycles. The van der Waals surface area contributed by atoms with Gasteiger partial charge in [0.1, 0.15) is 0 Å². The fourth-order valence-corrected chi connectivity index (χ4v) is 2.31. The average molecular weight is 261 g/mol. The minimum Gasteiger partial charge on any atom is -0.273 e. The Morgan fingerprint density at radius 1 is 0.889 bits per heavy atom. The van der Waals surface area contributed by atoms with Gasteiger partial charge in [-0.1, -0.05) is 48.5 Å². The number of rotatable bonds is 3. The van der Waals surface area contributed by atoms with Gasteiger partial charge in [0, 0.05) is 12.6 Å². The first-order valence-corrected chi connectivity index (χ1v) is 7.43. The molecule has 0 N–H and O–H groups in total. The Hall–Kier alpha value is -1.81. The van der Waals surface area contributed by atoms with Crippen molar-refractivity contribution < 1.29 is 8.42 Å². The van der Waals surface area contributed by atoms with Crippen molar-refractivity contribution in [3.63, 3.8) is 0 Å². The number of hydrogen-bond donors (Lipinski definition) is 0. The van der Waals surface area contributed by atoms with Crippen molar-refractivity contribution in [1.29, 1.82) is 0 Å². The van der Waals surface area contributed by atoms with Gasteiger partial charge in [0.25, 0.3) is 0 Å². The topological polar surface area (TPSA) is 37.4 Å². The van der Waals surface area contributed by atoms with E-state index in [0.29, 0.717) is 5.69 Å². The van der Waals surface area contributed by atoms with Gasteiger partial charge in [-0.05, 0) is 11.6 Å². The second kappa shape index (κ2) is 4.82. The van der Waals surface area contributed by atoms with Crippen LogP contribution in [0, 0.1) is 0 Å². The first kappa shape index (κ1) is 12.6. The molecule has 3 nitrogen and oxygen atoms in total. The molecular weight excluding hydrogens is 246 g/mol. The van der Waals surface area contributed by atoms with Gasteiger partial charge < -0.3 is 0 Å². The van der Waals surface area contributed by atoms with Crippen LogP contribution in [0.2, 0.25) is 0 Å². The number of nitrogens with zero attached hydrogens (tertiary/aromatic N) is 1. The summed E-state index contributed by atoms with van der Waals surface area (Å²) in [4.78, 5) is 0. The number of sulfonamides is 1. The molecular formula is C14H15NO2S. The van der Waals surface area contributed by atoms with E-state index in [1.807, 2.05) is 54.6 Å². The highest BCUT2D eigenvalue weighted by Crippen LogP contribution is 2.30. The van der Waals surface area contributed by atoms with E-state index in [-0.39, 0.29) is 0 Å². The molecule has 0 bridgehead atoms. The van der Waals surface area contributed by atoms with E-state index < -0.39 is 10.0 Å². The predicted molar refractivity (Wildman–Crippen MR) is 75.1 cm³/mol. The first-order valence-electron chi connectivity index (χ1n) is 5.58. The molecule has 0 aliphatic heterocycles. The van der Waals surface area contributed by atoms with Crippen molar-refractivity contribution in [1.82, 2.24) is 0 Å². The summed E-state index contributed by atoms with van der Waals surface area (Å²) >= 11 is 0. The van der Waals surface area contributed by atoms with Crippen LogP contribution in [0.5, 0.6) is 0 Å². The lowest BCUT2D eigenvalue weighted by atomic mass is 10.0. The summed E-state index contributed by atoms with van der Waals surface area (Å²) in [7, 11) is -1.69. The van der Waals surface area contributed by atoms with E-state index in [9.17, 15) is 8.42 Å². The third kappa shape index (κ3) is 2.54. The van der Waals surface area contributed by atoms with Crippen LogP contribution in [0.1, 0.15) is 0 Å². The molecule has 0 saturated carbocycles. The third-order valence-corrected chi connectivity index (χ3v) is 4.02. The van der Waals surface area contributed by atoms with Crippen LogP contribution >= 0.6 is 0 Å². The largest absolute Gasteiger partial charge is 0.273 e. The summed E-state index contributed by atoms with van der Waals surface area (Å²) in [5.74, 6) is 0. The van der Waals surface area contributed by atoms with Gasteiger partial charge >= 0.3 is 0 Å². The van der Waals surface area contributed by atoms with E-state index >= 15 is 0 Å². The quantitative estimate of drug-likeness (QED) is 0.852. The SMILES string of the molecule is CN(c1ccccc1-c1ccccc1)S(C)(=O)=O.